The van der Waals surface area contributed by atoms with Crippen molar-refractivity contribution in [1.82, 2.24) is 5.32 Å². The summed E-state index contributed by atoms with van der Waals surface area (Å²) in [6.45, 7) is 1.88. The van der Waals surface area contributed by atoms with E-state index in [1.165, 1.54) is 19.3 Å². The Hall–Kier alpha value is -3.13. The van der Waals surface area contributed by atoms with Gasteiger partial charge < -0.3 is 9.84 Å². The fraction of sp³-hybridized carbons (Fsp3) is 0.105. The highest BCUT2D eigenvalue weighted by Crippen LogP contribution is 2.35. The van der Waals surface area contributed by atoms with Crippen LogP contribution in [0.2, 0.25) is 0 Å². The molecule has 1 aliphatic heterocycles. The molecule has 8 heteroatoms. The third-order valence-electron chi connectivity index (χ3n) is 3.98. The third-order valence-corrected chi connectivity index (χ3v) is 4.44. The van der Waals surface area contributed by atoms with Gasteiger partial charge in [0.05, 0.1) is 12.8 Å². The second-order valence-corrected chi connectivity index (χ2v) is 6.75. The lowest BCUT2D eigenvalue weighted by Gasteiger charge is -2.26. The molecular weight excluding hydrogens is 416 g/mol. The number of carbonyl (C=O) groups is 3. The molecule has 1 fully saturated rings. The largest absolute Gasteiger partial charge is 0.504 e. The van der Waals surface area contributed by atoms with Crippen molar-refractivity contribution in [3.05, 3.63) is 57.6 Å². The average molecular weight is 431 g/mol. The van der Waals surface area contributed by atoms with Crippen LogP contribution in [0, 0.1) is 6.92 Å². The van der Waals surface area contributed by atoms with Gasteiger partial charge in [0.1, 0.15) is 5.57 Å². The number of barbiturate groups is 1. The molecule has 7 nitrogen and oxygen atoms in total. The van der Waals surface area contributed by atoms with Crippen LogP contribution in [0.25, 0.3) is 6.08 Å². The first-order valence-corrected chi connectivity index (χ1v) is 8.65. The average Bonchev–Trinajstić information content (AvgIpc) is 2.62. The van der Waals surface area contributed by atoms with Gasteiger partial charge in [-0.25, -0.2) is 9.69 Å². The molecule has 0 saturated carbocycles. The van der Waals surface area contributed by atoms with E-state index in [1.54, 1.807) is 30.3 Å². The number of rotatable bonds is 3. The van der Waals surface area contributed by atoms with E-state index in [0.717, 1.165) is 10.5 Å². The maximum Gasteiger partial charge on any atom is 0.335 e. The van der Waals surface area contributed by atoms with Crippen molar-refractivity contribution in [3.63, 3.8) is 0 Å². The number of methoxy groups -OCH3 is 1. The Balaban J connectivity index is 2.07. The Bertz CT molecular complexity index is 982. The number of aromatic hydroxyl groups is 1. The molecule has 3 rings (SSSR count). The predicted octanol–water partition coefficient (Wildman–Crippen LogP) is 3.14. The number of anilines is 1. The van der Waals surface area contributed by atoms with E-state index in [4.69, 9.17) is 4.74 Å². The Morgan fingerprint density at radius 3 is 2.44 bits per heavy atom. The van der Waals surface area contributed by atoms with Gasteiger partial charge in [-0.05, 0) is 37.3 Å². The monoisotopic (exact) mass is 430 g/mol. The first-order valence-electron chi connectivity index (χ1n) is 7.86. The summed E-state index contributed by atoms with van der Waals surface area (Å²) in [5.74, 6) is -1.68. The summed E-state index contributed by atoms with van der Waals surface area (Å²) in [7, 11) is 1.38. The van der Waals surface area contributed by atoms with Crippen molar-refractivity contribution >= 4 is 45.5 Å². The number of carbonyl (C=O) groups excluding carboxylic acids is 3. The lowest BCUT2D eigenvalue weighted by molar-refractivity contribution is -0.122. The highest BCUT2D eigenvalue weighted by Gasteiger charge is 2.37. The highest BCUT2D eigenvalue weighted by molar-refractivity contribution is 9.10. The normalized spacial score (nSPS) is 15.9. The Morgan fingerprint density at radius 1 is 1.15 bits per heavy atom. The van der Waals surface area contributed by atoms with E-state index < -0.39 is 17.8 Å². The van der Waals surface area contributed by atoms with Crippen LogP contribution in [0.3, 0.4) is 0 Å². The highest BCUT2D eigenvalue weighted by atomic mass is 79.9. The van der Waals surface area contributed by atoms with Crippen LogP contribution in [-0.2, 0) is 9.59 Å². The molecular formula is C19H15BrN2O5. The van der Waals surface area contributed by atoms with Crippen molar-refractivity contribution in [2.24, 2.45) is 0 Å². The molecule has 1 heterocycles. The number of benzene rings is 2. The Kier molecular flexibility index (Phi) is 5.00. The van der Waals surface area contributed by atoms with Crippen LogP contribution in [-0.4, -0.2) is 30.1 Å². The molecule has 0 unspecified atom stereocenters. The lowest BCUT2D eigenvalue weighted by atomic mass is 10.1. The summed E-state index contributed by atoms with van der Waals surface area (Å²) >= 11 is 3.28. The number of aryl methyl sites for hydroxylation is 1. The maximum absolute atomic E-state index is 12.8. The number of phenolic OH excluding ortho intramolecular Hbond substituents is 1. The summed E-state index contributed by atoms with van der Waals surface area (Å²) in [5, 5.41) is 12.4. The van der Waals surface area contributed by atoms with Crippen molar-refractivity contribution < 1.29 is 24.2 Å². The summed E-state index contributed by atoms with van der Waals surface area (Å²) in [5.41, 5.74) is 1.20. The number of imide groups is 2. The zero-order chi connectivity index (χ0) is 19.7. The number of nitrogens with zero attached hydrogens (tertiary/aromatic N) is 1. The molecule has 0 aliphatic carbocycles. The van der Waals surface area contributed by atoms with Gasteiger partial charge in [-0.2, -0.15) is 0 Å². The Morgan fingerprint density at radius 2 is 1.81 bits per heavy atom. The fourth-order valence-corrected chi connectivity index (χ4v) is 3.06. The molecule has 2 aromatic rings. The molecule has 0 atom stereocenters. The SMILES string of the molecule is COc1cc(Br)cc(C=C2C(=O)NC(=O)N(c3ccc(C)cc3)C2=O)c1O. The van der Waals surface area contributed by atoms with Crippen molar-refractivity contribution in [2.75, 3.05) is 12.0 Å². The molecule has 27 heavy (non-hydrogen) atoms. The van der Waals surface area contributed by atoms with Crippen LogP contribution in [0.5, 0.6) is 11.5 Å². The van der Waals surface area contributed by atoms with E-state index in [9.17, 15) is 19.5 Å². The molecule has 0 bridgehead atoms. The zero-order valence-corrected chi connectivity index (χ0v) is 16.0. The van der Waals surface area contributed by atoms with Gasteiger partial charge in [0.2, 0.25) is 0 Å². The molecule has 2 aromatic carbocycles. The minimum absolute atomic E-state index is 0.173. The van der Waals surface area contributed by atoms with E-state index >= 15 is 0 Å². The van der Waals surface area contributed by atoms with Crippen LogP contribution >= 0.6 is 15.9 Å². The standard InChI is InChI=1S/C19H15BrN2O5/c1-10-3-5-13(6-4-10)22-18(25)14(17(24)21-19(22)26)8-11-7-12(20)9-15(27-2)16(11)23/h3-9,23H,1-2H3,(H,21,24,26). The van der Waals surface area contributed by atoms with Gasteiger partial charge in [-0.3, -0.25) is 14.9 Å². The molecule has 138 valence electrons. The molecule has 1 saturated heterocycles. The number of urea groups is 1. The fourth-order valence-electron chi connectivity index (χ4n) is 2.60. The molecule has 4 amide bonds. The summed E-state index contributed by atoms with van der Waals surface area (Å²) in [6, 6.07) is 8.96. The van der Waals surface area contributed by atoms with E-state index in [-0.39, 0.29) is 22.6 Å². The van der Waals surface area contributed by atoms with Crippen molar-refractivity contribution in [3.8, 4) is 11.5 Å². The van der Waals surface area contributed by atoms with E-state index in [0.29, 0.717) is 10.2 Å². The minimum atomic E-state index is -0.841. The van der Waals surface area contributed by atoms with Crippen molar-refractivity contribution in [2.45, 2.75) is 6.92 Å². The molecule has 2 N–H and O–H groups in total. The van der Waals surface area contributed by atoms with Crippen LogP contribution in [0.15, 0.2) is 46.4 Å². The molecule has 0 aromatic heterocycles. The number of amides is 4. The van der Waals surface area contributed by atoms with Gasteiger partial charge in [0, 0.05) is 10.0 Å². The number of hydrogen-bond donors (Lipinski definition) is 2. The third kappa shape index (κ3) is 3.56. The second kappa shape index (κ2) is 7.24. The number of phenols is 1. The second-order valence-electron chi connectivity index (χ2n) is 5.84. The maximum atomic E-state index is 12.8. The number of nitrogens with one attached hydrogen (secondary N) is 1. The first-order chi connectivity index (χ1) is 12.8. The molecule has 0 radical (unpaired) electrons. The number of hydrogen-bond acceptors (Lipinski definition) is 5. The first kappa shape index (κ1) is 18.7. The topological polar surface area (TPSA) is 95.9 Å². The van der Waals surface area contributed by atoms with E-state index in [2.05, 4.69) is 21.2 Å². The minimum Gasteiger partial charge on any atom is -0.504 e. The Labute approximate surface area is 163 Å². The van der Waals surface area contributed by atoms with Gasteiger partial charge in [0.15, 0.2) is 11.5 Å². The lowest BCUT2D eigenvalue weighted by Crippen LogP contribution is -2.54. The van der Waals surface area contributed by atoms with Gasteiger partial charge in [-0.1, -0.05) is 33.6 Å². The summed E-state index contributed by atoms with van der Waals surface area (Å²) in [4.78, 5) is 38.1. The van der Waals surface area contributed by atoms with Crippen LogP contribution < -0.4 is 15.0 Å². The summed E-state index contributed by atoms with van der Waals surface area (Å²) < 4.78 is 5.65. The van der Waals surface area contributed by atoms with Gasteiger partial charge in [-0.15, -0.1) is 0 Å². The van der Waals surface area contributed by atoms with Gasteiger partial charge >= 0.3 is 6.03 Å². The number of ether oxygens (including phenoxy) is 1. The zero-order valence-electron chi connectivity index (χ0n) is 14.4. The molecule has 1 aliphatic rings. The van der Waals surface area contributed by atoms with E-state index in [1.807, 2.05) is 6.92 Å². The summed E-state index contributed by atoms with van der Waals surface area (Å²) in [6.07, 6.45) is 1.22. The number of halogens is 1. The molecule has 0 spiro atoms. The van der Waals surface area contributed by atoms with Gasteiger partial charge in [0.25, 0.3) is 11.8 Å². The van der Waals surface area contributed by atoms with Crippen LogP contribution in [0.1, 0.15) is 11.1 Å². The quantitative estimate of drug-likeness (QED) is 0.575. The predicted molar refractivity (Wildman–Crippen MR) is 103 cm³/mol. The smallest absolute Gasteiger partial charge is 0.335 e. The van der Waals surface area contributed by atoms with Crippen LogP contribution in [0.4, 0.5) is 10.5 Å². The van der Waals surface area contributed by atoms with Crippen molar-refractivity contribution in [1.29, 1.82) is 0 Å².